The number of piperidine rings is 1. The molecule has 0 unspecified atom stereocenters. The number of fused-ring (bicyclic) bond motifs is 1. The number of nitrogens with two attached hydrogens (primary N) is 1. The van der Waals surface area contributed by atoms with Crippen molar-refractivity contribution in [3.05, 3.63) is 28.2 Å². The van der Waals surface area contributed by atoms with Gasteiger partial charge in [-0.15, -0.1) is 0 Å². The maximum atomic E-state index is 6.34. The predicted octanol–water partition coefficient (Wildman–Crippen LogP) is 2.70. The van der Waals surface area contributed by atoms with Crippen molar-refractivity contribution in [3.63, 3.8) is 0 Å². The molecular formula is C14H19BrN2O. The van der Waals surface area contributed by atoms with Gasteiger partial charge in [0, 0.05) is 35.6 Å². The van der Waals surface area contributed by atoms with E-state index < -0.39 is 0 Å². The molecule has 4 heteroatoms. The fraction of sp³-hybridized carbons (Fsp3) is 0.571. The predicted molar refractivity (Wildman–Crippen MR) is 75.8 cm³/mol. The molecular weight excluding hydrogens is 292 g/mol. The Kier molecular flexibility index (Phi) is 3.12. The molecule has 2 aliphatic rings. The normalized spacial score (nSPS) is 26.7. The average molecular weight is 311 g/mol. The second-order valence-electron chi connectivity index (χ2n) is 5.58. The molecule has 1 saturated heterocycles. The molecule has 2 N–H and O–H groups in total. The molecule has 0 bridgehead atoms. The summed E-state index contributed by atoms with van der Waals surface area (Å²) < 4.78 is 7.38. The quantitative estimate of drug-likeness (QED) is 0.800. The summed E-state index contributed by atoms with van der Waals surface area (Å²) in [7, 11) is 2.17. The van der Waals surface area contributed by atoms with E-state index in [0.717, 1.165) is 48.1 Å². The minimum atomic E-state index is -0.0350. The van der Waals surface area contributed by atoms with Crippen LogP contribution in [-0.4, -0.2) is 30.6 Å². The molecule has 2 heterocycles. The molecule has 98 valence electrons. The van der Waals surface area contributed by atoms with E-state index in [0.29, 0.717) is 0 Å². The Hall–Kier alpha value is -0.580. The largest absolute Gasteiger partial charge is 0.487 e. The van der Waals surface area contributed by atoms with E-state index in [1.54, 1.807) is 0 Å². The smallest absolute Gasteiger partial charge is 0.124 e. The van der Waals surface area contributed by atoms with Gasteiger partial charge in [0.05, 0.1) is 0 Å². The van der Waals surface area contributed by atoms with Gasteiger partial charge in [0.25, 0.3) is 0 Å². The first-order valence-electron chi connectivity index (χ1n) is 6.51. The van der Waals surface area contributed by atoms with Crippen LogP contribution in [0.2, 0.25) is 0 Å². The third-order valence-electron chi connectivity index (χ3n) is 4.19. The Bertz CT molecular complexity index is 455. The van der Waals surface area contributed by atoms with Crippen molar-refractivity contribution < 1.29 is 4.74 Å². The van der Waals surface area contributed by atoms with Crippen LogP contribution in [0.5, 0.6) is 5.75 Å². The number of hydrogen-bond acceptors (Lipinski definition) is 3. The van der Waals surface area contributed by atoms with Gasteiger partial charge in [-0.2, -0.15) is 0 Å². The van der Waals surface area contributed by atoms with Gasteiger partial charge in [0.1, 0.15) is 11.4 Å². The number of halogens is 1. The lowest BCUT2D eigenvalue weighted by atomic mass is 9.81. The van der Waals surface area contributed by atoms with E-state index >= 15 is 0 Å². The molecule has 1 aromatic carbocycles. The first-order valence-corrected chi connectivity index (χ1v) is 7.30. The minimum Gasteiger partial charge on any atom is -0.487 e. The van der Waals surface area contributed by atoms with Gasteiger partial charge in [0.15, 0.2) is 0 Å². The van der Waals surface area contributed by atoms with E-state index in [2.05, 4.69) is 33.9 Å². The lowest BCUT2D eigenvalue weighted by Crippen LogP contribution is -2.50. The molecule has 2 aliphatic heterocycles. The van der Waals surface area contributed by atoms with Crippen molar-refractivity contribution in [1.29, 1.82) is 0 Å². The molecule has 0 radical (unpaired) electrons. The lowest BCUT2D eigenvalue weighted by Gasteiger charge is -2.45. The molecule has 1 atom stereocenters. The van der Waals surface area contributed by atoms with Gasteiger partial charge in [-0.3, -0.25) is 0 Å². The van der Waals surface area contributed by atoms with Crippen molar-refractivity contribution in [3.8, 4) is 5.75 Å². The van der Waals surface area contributed by atoms with Crippen molar-refractivity contribution in [2.75, 3.05) is 20.1 Å². The zero-order valence-corrected chi connectivity index (χ0v) is 12.2. The van der Waals surface area contributed by atoms with Crippen LogP contribution in [0.15, 0.2) is 22.7 Å². The van der Waals surface area contributed by atoms with Crippen LogP contribution >= 0.6 is 15.9 Å². The van der Waals surface area contributed by atoms with Crippen LogP contribution in [-0.2, 0) is 0 Å². The Labute approximate surface area is 116 Å². The SMILES string of the molecule is CN1CCC2(CC1)C[C@@H](N)c1cc(Br)ccc1O2. The third-order valence-corrected chi connectivity index (χ3v) is 4.68. The van der Waals surface area contributed by atoms with E-state index in [1.165, 1.54) is 0 Å². The third kappa shape index (κ3) is 2.17. The Morgan fingerprint density at radius 3 is 2.83 bits per heavy atom. The topological polar surface area (TPSA) is 38.5 Å². The number of ether oxygens (including phenoxy) is 1. The van der Waals surface area contributed by atoms with Crippen LogP contribution in [0.3, 0.4) is 0 Å². The van der Waals surface area contributed by atoms with Crippen LogP contribution < -0.4 is 10.5 Å². The first kappa shape index (κ1) is 12.5. The van der Waals surface area contributed by atoms with Crippen molar-refractivity contribution in [2.24, 2.45) is 5.73 Å². The van der Waals surface area contributed by atoms with Gasteiger partial charge in [-0.05, 0) is 38.1 Å². The van der Waals surface area contributed by atoms with Gasteiger partial charge in [-0.25, -0.2) is 0 Å². The number of rotatable bonds is 0. The molecule has 3 rings (SSSR count). The van der Waals surface area contributed by atoms with E-state index in [1.807, 2.05) is 12.1 Å². The highest BCUT2D eigenvalue weighted by Crippen LogP contribution is 2.43. The highest BCUT2D eigenvalue weighted by atomic mass is 79.9. The summed E-state index contributed by atoms with van der Waals surface area (Å²) in [6.07, 6.45) is 3.09. The van der Waals surface area contributed by atoms with Gasteiger partial charge in [0.2, 0.25) is 0 Å². The van der Waals surface area contributed by atoms with Crippen molar-refractivity contribution in [1.82, 2.24) is 4.90 Å². The Balaban J connectivity index is 1.89. The van der Waals surface area contributed by atoms with Crippen LogP contribution in [0.4, 0.5) is 0 Å². The molecule has 1 aromatic rings. The monoisotopic (exact) mass is 310 g/mol. The number of likely N-dealkylation sites (tertiary alicyclic amines) is 1. The summed E-state index contributed by atoms with van der Waals surface area (Å²) in [5, 5.41) is 0. The molecule has 3 nitrogen and oxygen atoms in total. The summed E-state index contributed by atoms with van der Waals surface area (Å²) in [5.74, 6) is 0.974. The Morgan fingerprint density at radius 2 is 2.11 bits per heavy atom. The minimum absolute atomic E-state index is 0.0350. The number of benzene rings is 1. The Morgan fingerprint density at radius 1 is 1.39 bits per heavy atom. The first-order chi connectivity index (χ1) is 8.58. The van der Waals surface area contributed by atoms with Crippen molar-refractivity contribution in [2.45, 2.75) is 30.9 Å². The van der Waals surface area contributed by atoms with Gasteiger partial charge >= 0.3 is 0 Å². The molecule has 18 heavy (non-hydrogen) atoms. The molecule has 1 fully saturated rings. The van der Waals surface area contributed by atoms with E-state index in [9.17, 15) is 0 Å². The summed E-state index contributed by atoms with van der Waals surface area (Å²) in [6.45, 7) is 2.19. The summed E-state index contributed by atoms with van der Waals surface area (Å²) in [5.41, 5.74) is 7.44. The molecule has 1 spiro atoms. The lowest BCUT2D eigenvalue weighted by molar-refractivity contribution is -0.0164. The van der Waals surface area contributed by atoms with Crippen LogP contribution in [0, 0.1) is 0 Å². The highest BCUT2D eigenvalue weighted by Gasteiger charge is 2.41. The fourth-order valence-electron chi connectivity index (χ4n) is 3.02. The number of nitrogens with zero attached hydrogens (tertiary/aromatic N) is 1. The van der Waals surface area contributed by atoms with E-state index in [4.69, 9.17) is 10.5 Å². The van der Waals surface area contributed by atoms with Crippen LogP contribution in [0.25, 0.3) is 0 Å². The summed E-state index contributed by atoms with van der Waals surface area (Å²) >= 11 is 3.50. The standard InChI is InChI=1S/C14H19BrN2O/c1-17-6-4-14(5-7-17)9-12(16)11-8-10(15)2-3-13(11)18-14/h2-3,8,12H,4-7,9,16H2,1H3/t12-/m1/s1. The fourth-order valence-corrected chi connectivity index (χ4v) is 3.40. The zero-order chi connectivity index (χ0) is 12.8. The maximum absolute atomic E-state index is 6.34. The molecule has 0 aromatic heterocycles. The van der Waals surface area contributed by atoms with Crippen LogP contribution in [0.1, 0.15) is 30.9 Å². The van der Waals surface area contributed by atoms with Gasteiger partial charge in [-0.1, -0.05) is 15.9 Å². The molecule has 0 amide bonds. The van der Waals surface area contributed by atoms with Crippen molar-refractivity contribution >= 4 is 15.9 Å². The molecule has 0 aliphatic carbocycles. The summed E-state index contributed by atoms with van der Waals surface area (Å²) in [6, 6.07) is 6.24. The number of hydrogen-bond donors (Lipinski definition) is 1. The second kappa shape index (κ2) is 4.51. The molecule has 0 saturated carbocycles. The summed E-state index contributed by atoms with van der Waals surface area (Å²) in [4.78, 5) is 2.36. The van der Waals surface area contributed by atoms with E-state index in [-0.39, 0.29) is 11.6 Å². The second-order valence-corrected chi connectivity index (χ2v) is 6.50. The highest BCUT2D eigenvalue weighted by molar-refractivity contribution is 9.10. The maximum Gasteiger partial charge on any atom is 0.124 e. The van der Waals surface area contributed by atoms with Gasteiger partial charge < -0.3 is 15.4 Å². The average Bonchev–Trinajstić information content (AvgIpc) is 2.35. The zero-order valence-electron chi connectivity index (χ0n) is 10.7.